The third-order valence-electron chi connectivity index (χ3n) is 1.23. The van der Waals surface area contributed by atoms with Crippen LogP contribution in [0.15, 0.2) is 6.20 Å². The smallest absolute Gasteiger partial charge is 0.0900 e. The lowest BCUT2D eigenvalue weighted by molar-refractivity contribution is 0.0636. The molecule has 0 aliphatic carbocycles. The van der Waals surface area contributed by atoms with Crippen LogP contribution in [0.5, 0.6) is 0 Å². The van der Waals surface area contributed by atoms with Crippen molar-refractivity contribution < 1.29 is 4.74 Å². The van der Waals surface area contributed by atoms with Gasteiger partial charge in [-0.2, -0.15) is 5.10 Å². The zero-order valence-corrected chi connectivity index (χ0v) is 9.35. The molecule has 0 aliphatic heterocycles. The molecule has 1 rings (SSSR count). The highest BCUT2D eigenvalue weighted by Gasteiger charge is 2.02. The molecule has 1 aromatic rings. The van der Waals surface area contributed by atoms with E-state index in [-0.39, 0.29) is 6.10 Å². The van der Waals surface area contributed by atoms with Crippen molar-refractivity contribution in [3.8, 4) is 0 Å². The zero-order chi connectivity index (χ0) is 10.3. The van der Waals surface area contributed by atoms with E-state index in [1.807, 2.05) is 27.7 Å². The summed E-state index contributed by atoms with van der Waals surface area (Å²) in [5, 5.41) is 7.15. The summed E-state index contributed by atoms with van der Waals surface area (Å²) in [6, 6.07) is 0. The van der Waals surface area contributed by atoms with E-state index >= 15 is 0 Å². The van der Waals surface area contributed by atoms with Crippen molar-refractivity contribution in [2.24, 2.45) is 0 Å². The highest BCUT2D eigenvalue weighted by molar-refractivity contribution is 6.31. The summed E-state index contributed by atoms with van der Waals surface area (Å²) in [6.07, 6.45) is 1.79. The second kappa shape index (κ2) is 6.92. The quantitative estimate of drug-likeness (QED) is 0.822. The predicted octanol–water partition coefficient (Wildman–Crippen LogP) is 3.01. The van der Waals surface area contributed by atoms with Gasteiger partial charge in [0.25, 0.3) is 0 Å². The highest BCUT2D eigenvalue weighted by Crippen LogP contribution is 2.12. The molecular weight excluding hydrogens is 188 g/mol. The Morgan fingerprint density at radius 2 is 2.15 bits per heavy atom. The van der Waals surface area contributed by atoms with Crippen LogP contribution in [0.25, 0.3) is 0 Å². The lowest BCUT2D eigenvalue weighted by Crippen LogP contribution is -2.02. The summed E-state index contributed by atoms with van der Waals surface area (Å²) in [4.78, 5) is 0. The van der Waals surface area contributed by atoms with E-state index in [0.29, 0.717) is 11.6 Å². The first-order valence-electron chi connectivity index (χ1n) is 4.49. The van der Waals surface area contributed by atoms with Crippen LogP contribution in [-0.2, 0) is 11.3 Å². The normalized spacial score (nSPS) is 9.69. The Morgan fingerprint density at radius 3 is 2.54 bits per heavy atom. The SMILES string of the molecule is CC.CC(C)OCc1[nH]ncc1Cl. The number of nitrogens with zero attached hydrogens (tertiary/aromatic N) is 1. The number of aromatic nitrogens is 2. The molecule has 0 atom stereocenters. The molecular formula is C9H17ClN2O. The Bertz CT molecular complexity index is 223. The molecule has 0 radical (unpaired) electrons. The van der Waals surface area contributed by atoms with Crippen molar-refractivity contribution in [2.75, 3.05) is 0 Å². The molecule has 0 unspecified atom stereocenters. The van der Waals surface area contributed by atoms with Crippen molar-refractivity contribution in [2.45, 2.75) is 40.4 Å². The number of hydrogen-bond acceptors (Lipinski definition) is 2. The molecule has 1 N–H and O–H groups in total. The van der Waals surface area contributed by atoms with Crippen molar-refractivity contribution in [3.63, 3.8) is 0 Å². The average molecular weight is 205 g/mol. The highest BCUT2D eigenvalue weighted by atomic mass is 35.5. The van der Waals surface area contributed by atoms with E-state index in [1.54, 1.807) is 6.20 Å². The van der Waals surface area contributed by atoms with Crippen LogP contribution >= 0.6 is 11.6 Å². The Hall–Kier alpha value is -0.540. The van der Waals surface area contributed by atoms with Gasteiger partial charge in [0.1, 0.15) is 0 Å². The molecule has 0 bridgehead atoms. The summed E-state index contributed by atoms with van der Waals surface area (Å²) in [5.74, 6) is 0. The average Bonchev–Trinajstić information content (AvgIpc) is 2.51. The Labute approximate surface area is 84.4 Å². The third kappa shape index (κ3) is 4.90. The van der Waals surface area contributed by atoms with Gasteiger partial charge in [0.15, 0.2) is 0 Å². The van der Waals surface area contributed by atoms with Crippen molar-refractivity contribution in [1.29, 1.82) is 0 Å². The fraction of sp³-hybridized carbons (Fsp3) is 0.667. The first-order chi connectivity index (χ1) is 6.20. The monoisotopic (exact) mass is 204 g/mol. The van der Waals surface area contributed by atoms with E-state index in [2.05, 4.69) is 10.2 Å². The summed E-state index contributed by atoms with van der Waals surface area (Å²) in [7, 11) is 0. The Kier molecular flexibility index (Phi) is 6.63. The summed E-state index contributed by atoms with van der Waals surface area (Å²) < 4.78 is 5.31. The topological polar surface area (TPSA) is 37.9 Å². The standard InChI is InChI=1S/C7H11ClN2O.C2H6/c1-5(2)11-4-7-6(8)3-9-10-7;1-2/h3,5H,4H2,1-2H3,(H,9,10);1-2H3. The van der Waals surface area contributed by atoms with Crippen molar-refractivity contribution >= 4 is 11.6 Å². The van der Waals surface area contributed by atoms with E-state index in [9.17, 15) is 0 Å². The van der Waals surface area contributed by atoms with Crippen LogP contribution < -0.4 is 0 Å². The minimum absolute atomic E-state index is 0.217. The lowest BCUT2D eigenvalue weighted by atomic mass is 10.4. The van der Waals surface area contributed by atoms with Crippen molar-refractivity contribution in [3.05, 3.63) is 16.9 Å². The molecule has 3 nitrogen and oxygen atoms in total. The number of halogens is 1. The molecule has 76 valence electrons. The molecule has 0 aromatic carbocycles. The number of ether oxygens (including phenoxy) is 1. The third-order valence-corrected chi connectivity index (χ3v) is 1.55. The van der Waals surface area contributed by atoms with Gasteiger partial charge in [0.2, 0.25) is 0 Å². The first-order valence-corrected chi connectivity index (χ1v) is 4.87. The molecule has 0 aliphatic rings. The minimum Gasteiger partial charge on any atom is -0.372 e. The minimum atomic E-state index is 0.217. The van der Waals surface area contributed by atoms with Gasteiger partial charge < -0.3 is 4.74 Å². The fourth-order valence-electron chi connectivity index (χ4n) is 0.649. The second-order valence-electron chi connectivity index (χ2n) is 2.56. The maximum atomic E-state index is 5.75. The van der Waals surface area contributed by atoms with Gasteiger partial charge in [-0.25, -0.2) is 0 Å². The van der Waals surface area contributed by atoms with Gasteiger partial charge in [-0.15, -0.1) is 0 Å². The van der Waals surface area contributed by atoms with Crippen LogP contribution in [0.4, 0.5) is 0 Å². The van der Waals surface area contributed by atoms with Crippen LogP contribution in [0.2, 0.25) is 5.02 Å². The Balaban J connectivity index is 0.000000671. The van der Waals surface area contributed by atoms with Gasteiger partial charge in [-0.3, -0.25) is 5.10 Å². The number of nitrogens with one attached hydrogen (secondary N) is 1. The maximum Gasteiger partial charge on any atom is 0.0900 e. The van der Waals surface area contributed by atoms with Crippen LogP contribution in [0, 0.1) is 0 Å². The molecule has 13 heavy (non-hydrogen) atoms. The number of hydrogen-bond donors (Lipinski definition) is 1. The van der Waals surface area contributed by atoms with E-state index in [0.717, 1.165) is 5.69 Å². The van der Waals surface area contributed by atoms with Crippen molar-refractivity contribution in [1.82, 2.24) is 10.2 Å². The van der Waals surface area contributed by atoms with E-state index in [1.165, 1.54) is 0 Å². The summed E-state index contributed by atoms with van der Waals surface area (Å²) in [6.45, 7) is 8.45. The van der Waals surface area contributed by atoms with Crippen LogP contribution in [-0.4, -0.2) is 16.3 Å². The van der Waals surface area contributed by atoms with Gasteiger partial charge >= 0.3 is 0 Å². The van der Waals surface area contributed by atoms with Crippen LogP contribution in [0.1, 0.15) is 33.4 Å². The molecule has 0 saturated carbocycles. The summed E-state index contributed by atoms with van der Waals surface area (Å²) >= 11 is 5.75. The first kappa shape index (κ1) is 12.5. The molecule has 1 heterocycles. The number of aromatic amines is 1. The van der Waals surface area contributed by atoms with Gasteiger partial charge in [-0.1, -0.05) is 25.4 Å². The second-order valence-corrected chi connectivity index (χ2v) is 2.96. The number of H-pyrrole nitrogens is 1. The van der Waals surface area contributed by atoms with Gasteiger partial charge in [-0.05, 0) is 13.8 Å². The Morgan fingerprint density at radius 1 is 1.54 bits per heavy atom. The summed E-state index contributed by atoms with van der Waals surface area (Å²) in [5.41, 5.74) is 0.834. The van der Waals surface area contributed by atoms with Gasteiger partial charge in [0.05, 0.1) is 29.6 Å². The zero-order valence-electron chi connectivity index (χ0n) is 8.60. The molecule has 0 saturated heterocycles. The number of rotatable bonds is 3. The van der Waals surface area contributed by atoms with E-state index < -0.39 is 0 Å². The largest absolute Gasteiger partial charge is 0.372 e. The van der Waals surface area contributed by atoms with E-state index in [4.69, 9.17) is 16.3 Å². The van der Waals surface area contributed by atoms with Gasteiger partial charge in [0, 0.05) is 0 Å². The molecule has 0 fully saturated rings. The molecule has 1 aromatic heterocycles. The van der Waals surface area contributed by atoms with Crippen LogP contribution in [0.3, 0.4) is 0 Å². The fourth-order valence-corrected chi connectivity index (χ4v) is 0.795. The lowest BCUT2D eigenvalue weighted by Gasteiger charge is -2.04. The maximum absolute atomic E-state index is 5.75. The molecule has 0 spiro atoms. The molecule has 4 heteroatoms. The predicted molar refractivity (Wildman–Crippen MR) is 54.9 cm³/mol. The molecule has 0 amide bonds.